The monoisotopic (exact) mass is 479 g/mol. The Morgan fingerprint density at radius 3 is 2.53 bits per heavy atom. The average Bonchev–Trinajstić information content (AvgIpc) is 3.17. The Hall–Kier alpha value is -3.07. The predicted molar refractivity (Wildman–Crippen MR) is 130 cm³/mol. The van der Waals surface area contributed by atoms with Gasteiger partial charge in [-0.25, -0.2) is 8.42 Å². The number of aliphatic hydroxyl groups is 1. The van der Waals surface area contributed by atoms with Gasteiger partial charge in [0.05, 0.1) is 40.6 Å². The molecule has 178 valence electrons. The molecule has 2 atom stereocenters. The molecule has 8 heteroatoms. The van der Waals surface area contributed by atoms with Crippen LogP contribution in [0.15, 0.2) is 71.8 Å². The van der Waals surface area contributed by atoms with Crippen LogP contribution >= 0.6 is 0 Å². The van der Waals surface area contributed by atoms with E-state index in [1.165, 1.54) is 17.7 Å². The van der Waals surface area contributed by atoms with E-state index < -0.39 is 15.9 Å². The van der Waals surface area contributed by atoms with Crippen molar-refractivity contribution in [2.45, 2.75) is 36.9 Å². The minimum atomic E-state index is -3.31. The largest absolute Gasteiger partial charge is 0.394 e. The molecule has 0 saturated heterocycles. The molecule has 2 heterocycles. The molecule has 7 nitrogen and oxygen atoms in total. The van der Waals surface area contributed by atoms with Gasteiger partial charge in [0.1, 0.15) is 0 Å². The SMILES string of the molecule is CCS(=O)(=O)c1ccc([C@H](CO)NC(=O)c2cnc3c(c2)CN(C)[C@H]3Cc2ccccc2)cc1. The van der Waals surface area contributed by atoms with Crippen LogP contribution in [-0.4, -0.2) is 48.7 Å². The highest BCUT2D eigenvalue weighted by molar-refractivity contribution is 7.91. The number of hydrogen-bond donors (Lipinski definition) is 2. The van der Waals surface area contributed by atoms with Crippen LogP contribution in [0.25, 0.3) is 0 Å². The number of pyridine rings is 1. The summed E-state index contributed by atoms with van der Waals surface area (Å²) in [5.74, 6) is -0.326. The lowest BCUT2D eigenvalue weighted by molar-refractivity contribution is 0.0915. The summed E-state index contributed by atoms with van der Waals surface area (Å²) in [5.41, 5.74) is 4.29. The number of likely N-dealkylation sites (N-methyl/N-ethyl adjacent to an activating group) is 1. The quantitative estimate of drug-likeness (QED) is 0.515. The lowest BCUT2D eigenvalue weighted by Gasteiger charge is -2.19. The lowest BCUT2D eigenvalue weighted by atomic mass is 10.0. The van der Waals surface area contributed by atoms with Crippen LogP contribution in [0.5, 0.6) is 0 Å². The fourth-order valence-corrected chi connectivity index (χ4v) is 5.18. The molecule has 3 aromatic rings. The summed E-state index contributed by atoms with van der Waals surface area (Å²) >= 11 is 0. The number of nitrogens with zero attached hydrogens (tertiary/aromatic N) is 2. The van der Waals surface area contributed by atoms with Gasteiger partial charge in [-0.15, -0.1) is 0 Å². The second kappa shape index (κ2) is 10.0. The molecule has 0 radical (unpaired) electrons. The summed E-state index contributed by atoms with van der Waals surface area (Å²) < 4.78 is 24.1. The fourth-order valence-electron chi connectivity index (χ4n) is 4.30. The number of nitrogens with one attached hydrogen (secondary N) is 1. The van der Waals surface area contributed by atoms with E-state index in [4.69, 9.17) is 0 Å². The molecule has 0 fully saturated rings. The standard InChI is InChI=1S/C26H29N3O4S/c1-3-34(32,33)22-11-9-19(10-12-22)23(17-30)28-26(31)20-14-21-16-29(2)24(25(21)27-15-20)13-18-7-5-4-6-8-18/h4-12,14-15,23-24,30H,3,13,16-17H2,1-2H3,(H,28,31)/t23-,24-/m0/s1. The first-order valence-corrected chi connectivity index (χ1v) is 12.9. The van der Waals surface area contributed by atoms with Gasteiger partial charge in [-0.05, 0) is 48.4 Å². The van der Waals surface area contributed by atoms with Crippen molar-refractivity contribution in [1.29, 1.82) is 0 Å². The third-order valence-electron chi connectivity index (χ3n) is 6.31. The molecule has 0 saturated carbocycles. The Balaban J connectivity index is 1.49. The molecular weight excluding hydrogens is 450 g/mol. The number of aromatic nitrogens is 1. The Morgan fingerprint density at radius 2 is 1.88 bits per heavy atom. The molecule has 1 amide bonds. The van der Waals surface area contributed by atoms with Crippen LogP contribution in [0.4, 0.5) is 0 Å². The lowest BCUT2D eigenvalue weighted by Crippen LogP contribution is -2.31. The van der Waals surface area contributed by atoms with E-state index in [9.17, 15) is 18.3 Å². The maximum Gasteiger partial charge on any atom is 0.253 e. The van der Waals surface area contributed by atoms with E-state index in [-0.39, 0.29) is 29.2 Å². The molecule has 0 aliphatic carbocycles. The predicted octanol–water partition coefficient (Wildman–Crippen LogP) is 3.07. The van der Waals surface area contributed by atoms with Crippen LogP contribution in [0.2, 0.25) is 0 Å². The molecule has 1 aliphatic rings. The smallest absolute Gasteiger partial charge is 0.253 e. The van der Waals surface area contributed by atoms with E-state index in [0.717, 1.165) is 17.7 Å². The molecule has 1 aliphatic heterocycles. The molecule has 0 spiro atoms. The Labute approximate surface area is 200 Å². The number of amides is 1. The molecule has 0 unspecified atom stereocenters. The molecular formula is C26H29N3O4S. The van der Waals surface area contributed by atoms with E-state index in [0.29, 0.717) is 17.7 Å². The number of sulfone groups is 1. The van der Waals surface area contributed by atoms with Crippen LogP contribution < -0.4 is 5.32 Å². The number of rotatable bonds is 8. The van der Waals surface area contributed by atoms with Crippen molar-refractivity contribution in [2.24, 2.45) is 0 Å². The topological polar surface area (TPSA) is 99.6 Å². The number of aliphatic hydroxyl groups excluding tert-OH is 1. The van der Waals surface area contributed by atoms with Gasteiger partial charge in [0.15, 0.2) is 9.84 Å². The molecule has 1 aromatic heterocycles. The van der Waals surface area contributed by atoms with Crippen molar-refractivity contribution in [3.05, 3.63) is 94.8 Å². The fraction of sp³-hybridized carbons (Fsp3) is 0.308. The van der Waals surface area contributed by atoms with E-state index in [2.05, 4.69) is 34.4 Å². The van der Waals surface area contributed by atoms with Gasteiger partial charge < -0.3 is 10.4 Å². The first kappa shape index (κ1) is 24.1. The molecule has 34 heavy (non-hydrogen) atoms. The summed E-state index contributed by atoms with van der Waals surface area (Å²) in [5, 5.41) is 12.7. The first-order chi connectivity index (χ1) is 16.3. The number of benzene rings is 2. The maximum absolute atomic E-state index is 12.9. The summed E-state index contributed by atoms with van der Waals surface area (Å²) in [7, 11) is -1.26. The van der Waals surface area contributed by atoms with Gasteiger partial charge in [0.2, 0.25) is 0 Å². The summed E-state index contributed by atoms with van der Waals surface area (Å²) in [6.07, 6.45) is 2.43. The summed E-state index contributed by atoms with van der Waals surface area (Å²) in [6.45, 7) is 1.98. The minimum Gasteiger partial charge on any atom is -0.394 e. The van der Waals surface area contributed by atoms with E-state index in [1.54, 1.807) is 25.3 Å². The minimum absolute atomic E-state index is 0.0131. The third kappa shape index (κ3) is 5.04. The molecule has 4 rings (SSSR count). The number of carbonyl (C=O) groups excluding carboxylic acids is 1. The molecule has 2 aromatic carbocycles. The normalized spacial score (nSPS) is 16.7. The van der Waals surface area contributed by atoms with Crippen LogP contribution in [0, 0.1) is 0 Å². The zero-order chi connectivity index (χ0) is 24.3. The van der Waals surface area contributed by atoms with E-state index in [1.807, 2.05) is 24.3 Å². The second-order valence-corrected chi connectivity index (χ2v) is 10.8. The number of carbonyl (C=O) groups is 1. The van der Waals surface area contributed by atoms with Crippen LogP contribution in [0.1, 0.15) is 51.7 Å². The van der Waals surface area contributed by atoms with Crippen LogP contribution in [-0.2, 0) is 22.8 Å². The van der Waals surface area contributed by atoms with Crippen molar-refractivity contribution in [3.63, 3.8) is 0 Å². The molecule has 0 bridgehead atoms. The van der Waals surface area contributed by atoms with Gasteiger partial charge in [0.25, 0.3) is 5.91 Å². The highest BCUT2D eigenvalue weighted by atomic mass is 32.2. The van der Waals surface area contributed by atoms with Gasteiger partial charge in [-0.3, -0.25) is 14.7 Å². The number of hydrogen-bond acceptors (Lipinski definition) is 6. The molecule has 2 N–H and O–H groups in total. The second-order valence-electron chi connectivity index (χ2n) is 8.57. The van der Waals surface area contributed by atoms with Crippen LogP contribution in [0.3, 0.4) is 0 Å². The van der Waals surface area contributed by atoms with Crippen molar-refractivity contribution in [1.82, 2.24) is 15.2 Å². The third-order valence-corrected chi connectivity index (χ3v) is 8.06. The van der Waals surface area contributed by atoms with Crippen molar-refractivity contribution >= 4 is 15.7 Å². The van der Waals surface area contributed by atoms with Crippen molar-refractivity contribution in [3.8, 4) is 0 Å². The highest BCUT2D eigenvalue weighted by Gasteiger charge is 2.30. The first-order valence-electron chi connectivity index (χ1n) is 11.3. The average molecular weight is 480 g/mol. The van der Waals surface area contributed by atoms with Gasteiger partial charge >= 0.3 is 0 Å². The summed E-state index contributed by atoms with van der Waals surface area (Å²) in [6, 6.07) is 17.9. The summed E-state index contributed by atoms with van der Waals surface area (Å²) in [4.78, 5) is 20.0. The highest BCUT2D eigenvalue weighted by Crippen LogP contribution is 2.33. The van der Waals surface area contributed by atoms with Crippen molar-refractivity contribution in [2.75, 3.05) is 19.4 Å². The van der Waals surface area contributed by atoms with Gasteiger partial charge in [-0.2, -0.15) is 0 Å². The van der Waals surface area contributed by atoms with Gasteiger partial charge in [-0.1, -0.05) is 49.4 Å². The Morgan fingerprint density at radius 1 is 1.18 bits per heavy atom. The number of fused-ring (bicyclic) bond motifs is 1. The Kier molecular flexibility index (Phi) is 7.11. The van der Waals surface area contributed by atoms with E-state index >= 15 is 0 Å². The Bertz CT molecular complexity index is 1260. The van der Waals surface area contributed by atoms with Gasteiger partial charge in [0, 0.05) is 12.7 Å². The zero-order valence-corrected chi connectivity index (χ0v) is 20.1. The maximum atomic E-state index is 12.9. The van der Waals surface area contributed by atoms with Crippen molar-refractivity contribution < 1.29 is 18.3 Å². The zero-order valence-electron chi connectivity index (χ0n) is 19.3.